The Morgan fingerprint density at radius 1 is 1.71 bits per heavy atom. The second-order valence-electron chi connectivity index (χ2n) is 2.50. The lowest BCUT2D eigenvalue weighted by Crippen LogP contribution is -2.31. The highest BCUT2D eigenvalue weighted by Crippen LogP contribution is 2.06. The fourth-order valence-corrected chi connectivity index (χ4v) is 0.771. The van der Waals surface area contributed by atoms with Gasteiger partial charge in [0.05, 0.1) is 13.4 Å². The van der Waals surface area contributed by atoms with Crippen LogP contribution in [-0.2, 0) is 6.37 Å². The van der Waals surface area contributed by atoms with E-state index in [2.05, 4.69) is 0 Å². The van der Waals surface area contributed by atoms with Crippen molar-refractivity contribution in [1.29, 1.82) is 0 Å². The van der Waals surface area contributed by atoms with Crippen LogP contribution < -0.4 is 0 Å². The minimum absolute atomic E-state index is 0.431. The zero-order valence-corrected chi connectivity index (χ0v) is 7.73. The highest BCUT2D eigenvalue weighted by molar-refractivity contribution is 5.15. The average Bonchev–Trinajstić information content (AvgIpc) is 2.47. The van der Waals surface area contributed by atoms with Crippen molar-refractivity contribution in [2.24, 2.45) is 0 Å². The van der Waals surface area contributed by atoms with Crippen molar-refractivity contribution in [1.82, 2.24) is 4.90 Å². The molecule has 0 bridgehead atoms. The van der Waals surface area contributed by atoms with Crippen LogP contribution in [0.1, 0.15) is 27.6 Å². The summed E-state index contributed by atoms with van der Waals surface area (Å²) in [6.45, 7) is -2.57. The zero-order chi connectivity index (χ0) is 20.0. The first-order chi connectivity index (χ1) is 11.1. The molecule has 0 aromatic heterocycles. The minimum Gasteiger partial charge on any atom is -0.292 e. The molecule has 0 aliphatic carbocycles. The lowest BCUT2D eigenvalue weighted by molar-refractivity contribution is 0.287. The standard InChI is InChI=1S/C13H17N/c1-4-10-14(3)12(2)11-13-8-6-5-7-9-13/h1,5-9,12H,10-11H2,2-3H3/t12-/m0/s1/i3D3,5D,6D,7D,8D,9D,11D2,12D. The summed E-state index contributed by atoms with van der Waals surface area (Å²) in [5, 5.41) is 0. The summed E-state index contributed by atoms with van der Waals surface area (Å²) in [6, 6.07) is -6.46. The average molecular weight is 198 g/mol. The van der Waals surface area contributed by atoms with Crippen molar-refractivity contribution in [3.63, 3.8) is 0 Å². The Morgan fingerprint density at radius 3 is 3.00 bits per heavy atom. The normalized spacial score (nSPS) is 27.9. The number of hydrogen-bond donors (Lipinski definition) is 0. The van der Waals surface area contributed by atoms with E-state index in [0.29, 0.717) is 4.90 Å². The quantitative estimate of drug-likeness (QED) is 0.670. The summed E-state index contributed by atoms with van der Waals surface area (Å²) in [6.07, 6.45) is 2.19. The molecule has 0 heterocycles. The molecule has 0 radical (unpaired) electrons. The number of terminal acetylenes is 1. The number of rotatable bonds is 4. The van der Waals surface area contributed by atoms with Gasteiger partial charge in [0, 0.05) is 14.2 Å². The fourth-order valence-electron chi connectivity index (χ4n) is 0.771. The van der Waals surface area contributed by atoms with Crippen LogP contribution in [0.2, 0.25) is 0 Å². The van der Waals surface area contributed by atoms with E-state index in [1.165, 1.54) is 0 Å². The molecular weight excluding hydrogens is 170 g/mol. The third kappa shape index (κ3) is 3.24. The molecule has 1 atom stereocenters. The van der Waals surface area contributed by atoms with Crippen LogP contribution in [0.5, 0.6) is 0 Å². The van der Waals surface area contributed by atoms with E-state index in [-0.39, 0.29) is 0 Å². The van der Waals surface area contributed by atoms with E-state index in [4.69, 9.17) is 21.5 Å². The van der Waals surface area contributed by atoms with Gasteiger partial charge < -0.3 is 0 Å². The van der Waals surface area contributed by atoms with Gasteiger partial charge in [-0.1, -0.05) is 36.1 Å². The topological polar surface area (TPSA) is 3.24 Å². The van der Waals surface area contributed by atoms with Gasteiger partial charge in [-0.3, -0.25) is 4.90 Å². The van der Waals surface area contributed by atoms with Crippen LogP contribution in [0.25, 0.3) is 0 Å². The summed E-state index contributed by atoms with van der Waals surface area (Å²) >= 11 is 0. The molecule has 74 valence electrons. The smallest absolute Gasteiger partial charge is 0.0626 e. The van der Waals surface area contributed by atoms with E-state index in [1.54, 1.807) is 0 Å². The molecule has 0 amide bonds. The minimum atomic E-state index is -2.94. The van der Waals surface area contributed by atoms with Crippen molar-refractivity contribution in [2.75, 3.05) is 13.5 Å². The van der Waals surface area contributed by atoms with Gasteiger partial charge in [0.25, 0.3) is 0 Å². The molecule has 0 aliphatic rings. The van der Waals surface area contributed by atoms with Gasteiger partial charge in [-0.15, -0.1) is 6.42 Å². The Balaban J connectivity index is 3.74. The van der Waals surface area contributed by atoms with Gasteiger partial charge in [0.1, 0.15) is 0 Å². The summed E-state index contributed by atoms with van der Waals surface area (Å²) < 4.78 is 85.9. The second kappa shape index (κ2) is 5.47. The SMILES string of the molecule is [2H]c1c([2H])c([2H])c(C([2H])([2H])[C@]([2H])(C)N(CC#C)C([2H])([2H])[2H])c([2H])c1[2H]. The molecule has 1 aromatic carbocycles. The Kier molecular flexibility index (Phi) is 1.22. The molecule has 1 nitrogen and oxygen atoms in total. The molecule has 0 aliphatic heterocycles. The Morgan fingerprint density at radius 2 is 2.43 bits per heavy atom. The molecular formula is C13H17N. The third-order valence-corrected chi connectivity index (χ3v) is 1.46. The molecule has 1 rings (SSSR count). The summed E-state index contributed by atoms with van der Waals surface area (Å²) in [5.74, 6) is 2.05. The van der Waals surface area contributed by atoms with Crippen molar-refractivity contribution in [2.45, 2.75) is 19.3 Å². The lowest BCUT2D eigenvalue weighted by Gasteiger charge is -2.22. The maximum absolute atomic E-state index is 8.33. The molecule has 0 spiro atoms. The summed E-state index contributed by atoms with van der Waals surface area (Å²) in [7, 11) is 0. The molecule has 0 unspecified atom stereocenters. The number of nitrogens with zero attached hydrogens (tertiary/aromatic N) is 1. The van der Waals surface area contributed by atoms with Gasteiger partial charge in [-0.05, 0) is 25.8 Å². The Hall–Kier alpha value is -1.26. The van der Waals surface area contributed by atoms with Crippen molar-refractivity contribution in [3.8, 4) is 12.3 Å². The van der Waals surface area contributed by atoms with Gasteiger partial charge in [-0.25, -0.2) is 0 Å². The lowest BCUT2D eigenvalue weighted by atomic mass is 10.1. The van der Waals surface area contributed by atoms with Crippen molar-refractivity contribution < 1.29 is 15.1 Å². The summed E-state index contributed by atoms with van der Waals surface area (Å²) in [4.78, 5) is 0.431. The van der Waals surface area contributed by atoms with E-state index in [9.17, 15) is 0 Å². The Bertz CT molecular complexity index is 685. The van der Waals surface area contributed by atoms with E-state index in [1.807, 2.05) is 5.92 Å². The molecule has 0 fully saturated rings. The molecule has 0 saturated heterocycles. The van der Waals surface area contributed by atoms with Crippen LogP contribution in [0, 0.1) is 12.3 Å². The van der Waals surface area contributed by atoms with E-state index in [0.717, 1.165) is 6.92 Å². The highest BCUT2D eigenvalue weighted by atomic mass is 15.1. The predicted octanol–water partition coefficient (Wildman–Crippen LogP) is 2.18. The van der Waals surface area contributed by atoms with Crippen LogP contribution in [0.3, 0.4) is 0 Å². The number of likely N-dealkylation sites (N-methyl/N-ethyl adjacent to an activating group) is 1. The fraction of sp³-hybridized carbons (Fsp3) is 0.385. The molecule has 1 aromatic rings. The van der Waals surface area contributed by atoms with Crippen LogP contribution in [0.15, 0.2) is 30.2 Å². The van der Waals surface area contributed by atoms with Gasteiger partial charge in [0.15, 0.2) is 0 Å². The summed E-state index contributed by atoms with van der Waals surface area (Å²) in [5.41, 5.74) is -0.790. The van der Waals surface area contributed by atoms with Crippen LogP contribution in [0.4, 0.5) is 0 Å². The molecule has 1 heteroatoms. The van der Waals surface area contributed by atoms with E-state index < -0.39 is 61.7 Å². The van der Waals surface area contributed by atoms with Gasteiger partial charge in [0.2, 0.25) is 0 Å². The number of benzene rings is 1. The van der Waals surface area contributed by atoms with Crippen LogP contribution in [-0.4, -0.2) is 24.4 Å². The third-order valence-electron chi connectivity index (χ3n) is 1.46. The maximum Gasteiger partial charge on any atom is 0.0626 e. The molecule has 0 saturated carbocycles. The maximum atomic E-state index is 8.33. The Labute approximate surface area is 102 Å². The van der Waals surface area contributed by atoms with Gasteiger partial charge in [-0.2, -0.15) is 0 Å². The van der Waals surface area contributed by atoms with Gasteiger partial charge >= 0.3 is 0 Å². The highest BCUT2D eigenvalue weighted by Gasteiger charge is 2.07. The van der Waals surface area contributed by atoms with E-state index >= 15 is 0 Å². The molecule has 0 N–H and O–H groups in total. The van der Waals surface area contributed by atoms with Crippen molar-refractivity contribution in [3.05, 3.63) is 35.8 Å². The van der Waals surface area contributed by atoms with Crippen molar-refractivity contribution >= 4 is 0 Å². The molecule has 14 heavy (non-hydrogen) atoms. The zero-order valence-electron chi connectivity index (χ0n) is 18.7. The largest absolute Gasteiger partial charge is 0.292 e. The first-order valence-corrected chi connectivity index (χ1v) is 3.91. The monoisotopic (exact) mass is 198 g/mol. The number of hydrogen-bond acceptors (Lipinski definition) is 1. The predicted molar refractivity (Wildman–Crippen MR) is 61.1 cm³/mol. The first-order valence-electron chi connectivity index (χ1n) is 9.41. The van der Waals surface area contributed by atoms with Crippen LogP contribution >= 0.6 is 0 Å². The second-order valence-corrected chi connectivity index (χ2v) is 2.50. The first kappa shape index (κ1) is 3.12.